The summed E-state index contributed by atoms with van der Waals surface area (Å²) in [5.74, 6) is -18.2. The van der Waals surface area contributed by atoms with Gasteiger partial charge in [0.2, 0.25) is 106 Å². The topological polar surface area (TPSA) is 674 Å². The number of likely N-dealkylation sites (tertiary alicyclic amines) is 3. The first-order valence-electron chi connectivity index (χ1n) is 48.5. The summed E-state index contributed by atoms with van der Waals surface area (Å²) in [7, 11) is 1.93. The molecular formula is C93H144ClN23O21S2. The number of guanidine groups is 1. The molecule has 47 heteroatoms. The smallest absolute Gasteiger partial charge is 0.303 e. The van der Waals surface area contributed by atoms with E-state index in [-0.39, 0.29) is 166 Å². The Morgan fingerprint density at radius 2 is 1.10 bits per heavy atom. The largest absolute Gasteiger partial charge is 0.481 e. The number of hydrogen-bond donors (Lipinski definition) is 21. The third kappa shape index (κ3) is 36.2. The maximum absolute atomic E-state index is 15.7. The average Bonchev–Trinajstić information content (AvgIpc) is 1.65. The van der Waals surface area contributed by atoms with Crippen LogP contribution in [0.25, 0.3) is 0 Å². The molecule has 0 aromatic heterocycles. The van der Waals surface area contributed by atoms with Crippen molar-refractivity contribution in [3.8, 4) is 0 Å². The highest BCUT2D eigenvalue weighted by Gasteiger charge is 2.48. The van der Waals surface area contributed by atoms with Crippen molar-refractivity contribution >= 4 is 151 Å². The molecule has 0 aliphatic carbocycles. The van der Waals surface area contributed by atoms with E-state index in [0.29, 0.717) is 56.1 Å². The van der Waals surface area contributed by atoms with Gasteiger partial charge in [-0.25, -0.2) is 0 Å². The lowest BCUT2D eigenvalue weighted by molar-refractivity contribution is -0.148. The van der Waals surface area contributed by atoms with Gasteiger partial charge in [0.25, 0.3) is 0 Å². The first-order chi connectivity index (χ1) is 66.7. The highest BCUT2D eigenvalue weighted by atomic mass is 35.5. The highest BCUT2D eigenvalue weighted by molar-refractivity contribution is 8.76. The van der Waals surface area contributed by atoms with Crippen LogP contribution in [-0.4, -0.2) is 315 Å². The van der Waals surface area contributed by atoms with Gasteiger partial charge >= 0.3 is 5.97 Å². The summed E-state index contributed by atoms with van der Waals surface area (Å²) in [5, 5.41) is 66.3. The third-order valence-electron chi connectivity index (χ3n) is 25.0. The van der Waals surface area contributed by atoms with Crippen molar-refractivity contribution in [2.75, 3.05) is 63.9 Å². The number of aliphatic carboxylic acids is 1. The molecule has 2 aromatic rings. The van der Waals surface area contributed by atoms with Crippen molar-refractivity contribution in [3.63, 3.8) is 0 Å². The van der Waals surface area contributed by atoms with E-state index >= 15 is 33.6 Å². The van der Waals surface area contributed by atoms with E-state index in [2.05, 4.69) is 74.4 Å². The summed E-state index contributed by atoms with van der Waals surface area (Å²) in [5.41, 5.74) is 24.1. The van der Waals surface area contributed by atoms with Gasteiger partial charge in [-0.2, -0.15) is 0 Å². The number of fused-ring (bicyclic) bond motifs is 1. The molecule has 5 fully saturated rings. The predicted octanol–water partition coefficient (Wildman–Crippen LogP) is -2.03. The van der Waals surface area contributed by atoms with E-state index in [9.17, 15) is 67.7 Å². The molecule has 5 heterocycles. The number of aliphatic hydroxyl groups excluding tert-OH is 1. The minimum absolute atomic E-state index is 0.00894. The molecular weight excluding hydrogens is 1870 g/mol. The molecule has 0 radical (unpaired) electrons. The lowest BCUT2D eigenvalue weighted by Gasteiger charge is -2.33. The number of carboxylic acids is 1. The second-order valence-corrected chi connectivity index (χ2v) is 39.9. The quantitative estimate of drug-likeness (QED) is 0.0149. The maximum Gasteiger partial charge on any atom is 0.303 e. The van der Waals surface area contributed by atoms with Gasteiger partial charge in [-0.1, -0.05) is 123 Å². The Balaban J connectivity index is 1.34. The van der Waals surface area contributed by atoms with Gasteiger partial charge < -0.3 is 127 Å². The number of aliphatic hydroxyl groups is 1. The number of amides is 18. The summed E-state index contributed by atoms with van der Waals surface area (Å²) in [6.45, 7) is 10.8. The van der Waals surface area contributed by atoms with Crippen LogP contribution in [0.5, 0.6) is 0 Å². The summed E-state index contributed by atoms with van der Waals surface area (Å²) in [6, 6.07) is -9.66. The number of nitrogens with zero attached hydrogens (tertiary/aromatic N) is 4. The van der Waals surface area contributed by atoms with Crippen molar-refractivity contribution in [2.45, 2.75) is 312 Å². The molecule has 2 aromatic carbocycles. The Morgan fingerprint density at radius 1 is 0.550 bits per heavy atom. The molecule has 18 amide bonds. The second kappa shape index (κ2) is 58.7. The van der Waals surface area contributed by atoms with E-state index < -0.39 is 252 Å². The number of carbonyl (C=O) groups excluding carboxylic acids is 18. The van der Waals surface area contributed by atoms with Crippen LogP contribution >= 0.6 is 33.2 Å². The predicted molar refractivity (Wildman–Crippen MR) is 522 cm³/mol. The fourth-order valence-electron chi connectivity index (χ4n) is 17.5. The third-order valence-corrected chi connectivity index (χ3v) is 27.7. The maximum atomic E-state index is 15.7. The fourth-order valence-corrected chi connectivity index (χ4v) is 19.9. The van der Waals surface area contributed by atoms with Crippen molar-refractivity contribution in [2.24, 2.45) is 34.8 Å². The number of unbranched alkanes of at least 4 members (excludes halogenated alkanes) is 3. The van der Waals surface area contributed by atoms with Crippen LogP contribution in [0.2, 0.25) is 5.02 Å². The molecule has 5 aliphatic heterocycles. The van der Waals surface area contributed by atoms with Crippen LogP contribution in [0.15, 0.2) is 54.6 Å². The molecule has 0 bridgehead atoms. The molecule has 0 unspecified atom stereocenters. The van der Waals surface area contributed by atoms with E-state index in [0.717, 1.165) is 21.6 Å². The van der Waals surface area contributed by atoms with Gasteiger partial charge in [0.05, 0.1) is 6.61 Å². The number of nitrogens with one attached hydrogen (secondary N) is 15. The summed E-state index contributed by atoms with van der Waals surface area (Å²) < 4.78 is 0. The van der Waals surface area contributed by atoms with Gasteiger partial charge in [-0.05, 0) is 184 Å². The monoisotopic (exact) mass is 2020 g/mol. The zero-order valence-corrected chi connectivity index (χ0v) is 83.2. The van der Waals surface area contributed by atoms with Crippen LogP contribution < -0.4 is 97.4 Å². The Morgan fingerprint density at radius 3 is 1.71 bits per heavy atom. The molecule has 5 saturated heterocycles. The molecule has 25 N–H and O–H groups in total. The zero-order chi connectivity index (χ0) is 103. The number of rotatable bonds is 39. The van der Waals surface area contributed by atoms with Gasteiger partial charge in [0, 0.05) is 75.4 Å². The molecule has 7 rings (SSSR count). The number of primary amides is 1. The minimum atomic E-state index is -1.84. The number of hydrogen-bond acceptors (Lipinski definition) is 25. The molecule has 140 heavy (non-hydrogen) atoms. The van der Waals surface area contributed by atoms with Crippen LogP contribution in [0.1, 0.15) is 207 Å². The Hall–Kier alpha value is -11.5. The molecule has 0 saturated carbocycles. The number of benzene rings is 2. The van der Waals surface area contributed by atoms with Crippen molar-refractivity contribution in [3.05, 3.63) is 70.7 Å². The highest BCUT2D eigenvalue weighted by Crippen LogP contribution is 2.30. The molecule has 44 nitrogen and oxygen atoms in total. The molecule has 5 aliphatic rings. The van der Waals surface area contributed by atoms with Crippen molar-refractivity contribution < 1.29 is 101 Å². The van der Waals surface area contributed by atoms with Gasteiger partial charge in [-0.3, -0.25) is 96.5 Å². The molecule has 776 valence electrons. The average molecular weight is 2020 g/mol. The van der Waals surface area contributed by atoms with Crippen molar-refractivity contribution in [1.29, 1.82) is 5.41 Å². The number of halogens is 1. The lowest BCUT2D eigenvalue weighted by atomic mass is 10.0. The Kier molecular flexibility index (Phi) is 48.4. The normalized spacial score (nSPS) is 24.1. The molecule has 17 atom stereocenters. The summed E-state index contributed by atoms with van der Waals surface area (Å²) >= 11 is 6.54. The van der Waals surface area contributed by atoms with Gasteiger partial charge in [0.1, 0.15) is 103 Å². The van der Waals surface area contributed by atoms with Crippen LogP contribution in [0.4, 0.5) is 0 Å². The van der Waals surface area contributed by atoms with E-state index in [4.69, 9.17) is 39.9 Å². The summed E-state index contributed by atoms with van der Waals surface area (Å²) in [4.78, 5) is 281. The standard InChI is InChI=1S/C93H144ClN23O21S2/c1-8-9-27-63-89(135)114-41-19-31-70(114)86(132)101-54(6)77(123)112-68(50-118)84(130)110-66(48-56-23-11-10-12-24-56)83(129)113-69(85(131)108-64(29-14-16-39-96)90(136)117-44-22-34-73(117)91(137)115-42-20-32-71(115)87(133)103-59(76(97)122)35-36-74(120)121)51-140-139-45-37-62(80(126)109-65(46-52(2)3)81(127)105-61(30-18-40-100-93(98)99)78(124)104-60(79(125)107-63)28-13-15-38-95)106-82(128)67(49-57-25-17-26-58(94)47-57)111-88(134)72-33-21-43-116(72)92(138)75(53(4)5)102-55(7)119/h10-12,17,23-26,47,52-54,59-73,75,118H,8-9,13-16,18-22,27-46,48-51,95-96H2,1-7H3,(H2,97,122)(H,101,132)(H,102,119)(H,103,133)(H,104,124)(H,105,127)(H,106,128)(H,107,125)(H,108,131)(H,109,126)(H,110,130)(H,111,134)(H,112,123)(H,113,129)(H,120,121)(H4,98,99,100)/t54-,59-,60-,61-,62-,63-,64-,65-,66-,67-,68-,69-,70-,71-,72-,73-,75-/m0/s1. The van der Waals surface area contributed by atoms with E-state index in [1.165, 1.54) is 33.4 Å². The zero-order valence-electron chi connectivity index (χ0n) is 80.9. The molecule has 0 spiro atoms. The van der Waals surface area contributed by atoms with E-state index in [1.807, 2.05) is 6.92 Å². The number of carboxylic acid groups (broad SMARTS) is 1. The lowest BCUT2D eigenvalue weighted by Crippen LogP contribution is -2.61. The number of carbonyl (C=O) groups is 19. The van der Waals surface area contributed by atoms with Crippen LogP contribution in [0, 0.1) is 17.2 Å². The van der Waals surface area contributed by atoms with E-state index in [1.54, 1.807) is 82.3 Å². The van der Waals surface area contributed by atoms with Crippen LogP contribution in [0.3, 0.4) is 0 Å². The van der Waals surface area contributed by atoms with Gasteiger partial charge in [-0.15, -0.1) is 0 Å². The Labute approximate surface area is 828 Å². The minimum Gasteiger partial charge on any atom is -0.481 e. The SMILES string of the molecule is CCCC[C@@H]1NC(=O)[C@H](CCCCN)NC(=O)[C@H](CCCNC(=N)N)NC(=O)[C@H](CC(C)C)NC(=O)[C@@H](NC(=O)[C@H](Cc2cccc(Cl)c2)NC(=O)[C@@H]2CCCN2C(=O)[C@@H](NC(C)=O)C(C)C)CCSSC[C@@H](C(=O)N[C@@H](CCCCN)C(=O)N2CCC[C@H]2C(=O)N2CCC[C@H]2C(=O)N[C@@H](CCC(=O)O)C(N)=O)NC(=O)[C@H](Cc2ccccc2)NC(=O)[C@H](CO)NC(=O)[C@H](C)NC(=O)[C@@H]2CCCN2C1=O. The van der Waals surface area contributed by atoms with Crippen molar-refractivity contribution in [1.82, 2.24) is 94.0 Å². The second-order valence-electron chi connectivity index (χ2n) is 36.8. The first kappa shape index (κ1) is 115. The fraction of sp³-hybridized carbons (Fsp3) is 0.656. The number of nitrogens with two attached hydrogens (primary N) is 4. The summed E-state index contributed by atoms with van der Waals surface area (Å²) in [6.07, 6.45) is 1.79. The van der Waals surface area contributed by atoms with Gasteiger partial charge in [0.15, 0.2) is 5.96 Å². The first-order valence-corrected chi connectivity index (χ1v) is 51.3. The Bertz CT molecular complexity index is 4620. The van der Waals surface area contributed by atoms with Crippen LogP contribution in [-0.2, 0) is 104 Å².